The number of aliphatic hydroxyl groups excluding tert-OH is 1. The van der Waals surface area contributed by atoms with Crippen molar-refractivity contribution in [3.05, 3.63) is 52.7 Å². The van der Waals surface area contributed by atoms with Crippen molar-refractivity contribution in [2.45, 2.75) is 13.0 Å². The van der Waals surface area contributed by atoms with Crippen LogP contribution in [0.2, 0.25) is 0 Å². The molecule has 3 aromatic rings. The number of pyridine rings is 1. The summed E-state index contributed by atoms with van der Waals surface area (Å²) in [6, 6.07) is 9.66. The standard InChI is InChI=1S/C13H11N3OS/c1-8-13(18-16-15-8)12(17)10-6-2-4-9-5-3-7-14-11(9)10/h2-7,12,17H,1H3. The van der Waals surface area contributed by atoms with Gasteiger partial charge >= 0.3 is 0 Å². The van der Waals surface area contributed by atoms with E-state index in [2.05, 4.69) is 14.6 Å². The minimum absolute atomic E-state index is 0.719. The third kappa shape index (κ3) is 1.77. The number of rotatable bonds is 2. The van der Waals surface area contributed by atoms with Crippen molar-refractivity contribution in [2.75, 3.05) is 0 Å². The highest BCUT2D eigenvalue weighted by Crippen LogP contribution is 2.30. The summed E-state index contributed by atoms with van der Waals surface area (Å²) in [7, 11) is 0. The lowest BCUT2D eigenvalue weighted by Gasteiger charge is -2.11. The van der Waals surface area contributed by atoms with E-state index in [9.17, 15) is 5.11 Å². The topological polar surface area (TPSA) is 58.9 Å². The molecule has 0 fully saturated rings. The first-order valence-corrected chi connectivity index (χ1v) is 6.35. The monoisotopic (exact) mass is 257 g/mol. The summed E-state index contributed by atoms with van der Waals surface area (Å²) < 4.78 is 3.86. The Balaban J connectivity index is 2.18. The zero-order chi connectivity index (χ0) is 12.5. The Morgan fingerprint density at radius 3 is 2.83 bits per heavy atom. The number of fused-ring (bicyclic) bond motifs is 1. The molecule has 18 heavy (non-hydrogen) atoms. The zero-order valence-corrected chi connectivity index (χ0v) is 10.6. The van der Waals surface area contributed by atoms with E-state index >= 15 is 0 Å². The van der Waals surface area contributed by atoms with Crippen LogP contribution in [-0.4, -0.2) is 19.7 Å². The number of aromatic nitrogens is 3. The van der Waals surface area contributed by atoms with Crippen LogP contribution in [0.4, 0.5) is 0 Å². The Hall–Kier alpha value is -1.85. The van der Waals surface area contributed by atoms with Crippen molar-refractivity contribution in [2.24, 2.45) is 0 Å². The van der Waals surface area contributed by atoms with Gasteiger partial charge in [-0.25, -0.2) is 0 Å². The van der Waals surface area contributed by atoms with E-state index in [1.165, 1.54) is 11.5 Å². The predicted octanol–water partition coefficient (Wildman–Crippen LogP) is 2.48. The molecule has 1 aromatic carbocycles. The van der Waals surface area contributed by atoms with E-state index in [0.29, 0.717) is 0 Å². The third-order valence-corrected chi connectivity index (χ3v) is 3.77. The van der Waals surface area contributed by atoms with Gasteiger partial charge in [0.05, 0.1) is 16.1 Å². The minimum Gasteiger partial charge on any atom is -0.383 e. The van der Waals surface area contributed by atoms with Crippen LogP contribution in [0.25, 0.3) is 10.9 Å². The number of hydrogen-bond donors (Lipinski definition) is 1. The normalized spacial score (nSPS) is 12.8. The van der Waals surface area contributed by atoms with E-state index < -0.39 is 6.10 Å². The largest absolute Gasteiger partial charge is 0.383 e. The molecule has 2 heterocycles. The average molecular weight is 257 g/mol. The number of aliphatic hydroxyl groups is 1. The van der Waals surface area contributed by atoms with Gasteiger partial charge in [0, 0.05) is 17.1 Å². The van der Waals surface area contributed by atoms with Crippen molar-refractivity contribution in [3.63, 3.8) is 0 Å². The first-order valence-electron chi connectivity index (χ1n) is 5.58. The molecular formula is C13H11N3OS. The summed E-state index contributed by atoms with van der Waals surface area (Å²) in [6.45, 7) is 1.85. The molecule has 1 unspecified atom stereocenters. The number of nitrogens with zero attached hydrogens (tertiary/aromatic N) is 3. The highest BCUT2D eigenvalue weighted by atomic mass is 32.1. The van der Waals surface area contributed by atoms with E-state index in [4.69, 9.17) is 0 Å². The fourth-order valence-corrected chi connectivity index (χ4v) is 2.63. The molecule has 1 N–H and O–H groups in total. The zero-order valence-electron chi connectivity index (χ0n) is 9.74. The number of para-hydroxylation sites is 1. The second kappa shape index (κ2) is 4.44. The quantitative estimate of drug-likeness (QED) is 0.766. The summed E-state index contributed by atoms with van der Waals surface area (Å²) in [4.78, 5) is 5.12. The fourth-order valence-electron chi connectivity index (χ4n) is 1.98. The van der Waals surface area contributed by atoms with E-state index in [1.54, 1.807) is 6.20 Å². The van der Waals surface area contributed by atoms with Crippen molar-refractivity contribution in [1.82, 2.24) is 14.6 Å². The lowest BCUT2D eigenvalue weighted by Crippen LogP contribution is -2.01. The van der Waals surface area contributed by atoms with Gasteiger partial charge in [-0.15, -0.1) is 5.10 Å². The van der Waals surface area contributed by atoms with Gasteiger partial charge in [-0.05, 0) is 24.5 Å². The molecule has 0 spiro atoms. The maximum Gasteiger partial charge on any atom is 0.119 e. The van der Waals surface area contributed by atoms with Crippen LogP contribution in [0.15, 0.2) is 36.5 Å². The minimum atomic E-state index is -0.719. The van der Waals surface area contributed by atoms with Crippen LogP contribution < -0.4 is 0 Å². The van der Waals surface area contributed by atoms with Crippen molar-refractivity contribution in [1.29, 1.82) is 0 Å². The molecule has 5 heteroatoms. The molecule has 4 nitrogen and oxygen atoms in total. The molecule has 0 saturated carbocycles. The van der Waals surface area contributed by atoms with Gasteiger partial charge in [-0.3, -0.25) is 4.98 Å². The molecule has 0 radical (unpaired) electrons. The van der Waals surface area contributed by atoms with Crippen LogP contribution >= 0.6 is 11.5 Å². The first kappa shape index (κ1) is 11.3. The van der Waals surface area contributed by atoms with Gasteiger partial charge in [-0.2, -0.15) is 0 Å². The number of aryl methyl sites for hydroxylation is 1. The first-order chi connectivity index (χ1) is 8.77. The SMILES string of the molecule is Cc1nnsc1C(O)c1cccc2cccnc12. The molecule has 0 amide bonds. The summed E-state index contributed by atoms with van der Waals surface area (Å²) in [6.07, 6.45) is 1.01. The molecule has 0 bridgehead atoms. The molecule has 90 valence electrons. The maximum atomic E-state index is 10.5. The van der Waals surface area contributed by atoms with Gasteiger partial charge in [-0.1, -0.05) is 28.8 Å². The molecule has 0 aliphatic carbocycles. The molecule has 0 aliphatic heterocycles. The van der Waals surface area contributed by atoms with Crippen molar-refractivity contribution < 1.29 is 5.11 Å². The fraction of sp³-hybridized carbons (Fsp3) is 0.154. The van der Waals surface area contributed by atoms with Crippen LogP contribution in [0, 0.1) is 6.92 Å². The highest BCUT2D eigenvalue weighted by molar-refractivity contribution is 7.05. The Kier molecular flexibility index (Phi) is 2.77. The van der Waals surface area contributed by atoms with E-state index in [-0.39, 0.29) is 0 Å². The predicted molar refractivity (Wildman–Crippen MR) is 70.5 cm³/mol. The van der Waals surface area contributed by atoms with E-state index in [0.717, 1.165) is 27.0 Å². The van der Waals surface area contributed by atoms with Crippen molar-refractivity contribution in [3.8, 4) is 0 Å². The van der Waals surface area contributed by atoms with Gasteiger partial charge in [0.1, 0.15) is 6.10 Å². The van der Waals surface area contributed by atoms with Gasteiger partial charge in [0.15, 0.2) is 0 Å². The molecule has 2 aromatic heterocycles. The van der Waals surface area contributed by atoms with Gasteiger partial charge < -0.3 is 5.11 Å². The second-order valence-corrected chi connectivity index (χ2v) is 4.83. The second-order valence-electron chi connectivity index (χ2n) is 4.05. The molecule has 0 aliphatic rings. The number of benzene rings is 1. The highest BCUT2D eigenvalue weighted by Gasteiger charge is 2.18. The van der Waals surface area contributed by atoms with Crippen molar-refractivity contribution >= 4 is 22.4 Å². The smallest absolute Gasteiger partial charge is 0.119 e. The summed E-state index contributed by atoms with van der Waals surface area (Å²) in [5.41, 5.74) is 2.38. The van der Waals surface area contributed by atoms with Crippen LogP contribution in [0.1, 0.15) is 22.2 Å². The lowest BCUT2D eigenvalue weighted by molar-refractivity contribution is 0.224. The summed E-state index contributed by atoms with van der Waals surface area (Å²) >= 11 is 1.22. The third-order valence-electron chi connectivity index (χ3n) is 2.89. The van der Waals surface area contributed by atoms with Crippen LogP contribution in [0.3, 0.4) is 0 Å². The lowest BCUT2D eigenvalue weighted by atomic mass is 10.0. The maximum absolute atomic E-state index is 10.5. The van der Waals surface area contributed by atoms with Crippen LogP contribution in [0.5, 0.6) is 0 Å². The molecule has 1 atom stereocenters. The Morgan fingerprint density at radius 2 is 2.06 bits per heavy atom. The molecular weight excluding hydrogens is 246 g/mol. The number of hydrogen-bond acceptors (Lipinski definition) is 5. The summed E-state index contributed by atoms with van der Waals surface area (Å²) in [5, 5.41) is 15.4. The molecule has 0 saturated heterocycles. The Morgan fingerprint density at radius 1 is 1.22 bits per heavy atom. The Bertz CT molecular complexity index is 690. The molecule has 3 rings (SSSR count). The van der Waals surface area contributed by atoms with Crippen LogP contribution in [-0.2, 0) is 0 Å². The Labute approximate surface area is 108 Å². The van der Waals surface area contributed by atoms with Gasteiger partial charge in [0.2, 0.25) is 0 Å². The van der Waals surface area contributed by atoms with Gasteiger partial charge in [0.25, 0.3) is 0 Å². The summed E-state index contributed by atoms with van der Waals surface area (Å²) in [5.74, 6) is 0. The average Bonchev–Trinajstić information content (AvgIpc) is 2.83. The van der Waals surface area contributed by atoms with E-state index in [1.807, 2.05) is 37.3 Å².